The summed E-state index contributed by atoms with van der Waals surface area (Å²) in [6.07, 6.45) is 0. The van der Waals surface area contributed by atoms with Crippen LogP contribution in [0.3, 0.4) is 0 Å². The number of sulfonamides is 1. The molecule has 0 spiro atoms. The van der Waals surface area contributed by atoms with Crippen molar-refractivity contribution in [2.75, 3.05) is 4.72 Å². The number of aryl methyl sites for hydroxylation is 1. The van der Waals surface area contributed by atoms with Crippen LogP contribution in [0.2, 0.25) is 0 Å². The molecule has 0 aliphatic heterocycles. The first-order chi connectivity index (χ1) is 8.03. The molecular weight excluding hydrogens is 278 g/mol. The second-order valence-electron chi connectivity index (χ2n) is 3.41. The van der Waals surface area contributed by atoms with Gasteiger partial charge in [0.2, 0.25) is 0 Å². The molecule has 17 heavy (non-hydrogen) atoms. The fourth-order valence-electron chi connectivity index (χ4n) is 1.40. The standard InChI is InChI=1S/C10H11NO3S3/c1-7-10(4-9(5-12)16-7)17(13,14)11-8-2-3-15-6-8/h2-4,6,11-12H,5H2,1H3. The molecule has 92 valence electrons. The van der Waals surface area contributed by atoms with Crippen LogP contribution in [-0.2, 0) is 16.6 Å². The van der Waals surface area contributed by atoms with E-state index in [-0.39, 0.29) is 11.5 Å². The Labute approximate surface area is 108 Å². The molecule has 2 aromatic heterocycles. The van der Waals surface area contributed by atoms with Crippen molar-refractivity contribution in [1.82, 2.24) is 0 Å². The van der Waals surface area contributed by atoms with E-state index in [1.54, 1.807) is 23.8 Å². The number of hydrogen-bond acceptors (Lipinski definition) is 5. The Bertz CT molecular complexity index is 599. The lowest BCUT2D eigenvalue weighted by atomic mass is 10.4. The molecule has 4 nitrogen and oxygen atoms in total. The van der Waals surface area contributed by atoms with E-state index in [1.807, 2.05) is 0 Å². The van der Waals surface area contributed by atoms with Crippen LogP contribution in [0.5, 0.6) is 0 Å². The molecule has 7 heteroatoms. The molecule has 0 saturated heterocycles. The summed E-state index contributed by atoms with van der Waals surface area (Å²) in [7, 11) is -3.55. The summed E-state index contributed by atoms with van der Waals surface area (Å²) >= 11 is 2.71. The fraction of sp³-hybridized carbons (Fsp3) is 0.200. The maximum absolute atomic E-state index is 12.1. The van der Waals surface area contributed by atoms with Crippen molar-refractivity contribution in [3.05, 3.63) is 32.6 Å². The average Bonchev–Trinajstić information content (AvgIpc) is 2.86. The molecule has 0 bridgehead atoms. The van der Waals surface area contributed by atoms with Crippen molar-refractivity contribution >= 4 is 38.4 Å². The molecular formula is C10H11NO3S3. The highest BCUT2D eigenvalue weighted by molar-refractivity contribution is 7.93. The van der Waals surface area contributed by atoms with Gasteiger partial charge < -0.3 is 5.11 Å². The van der Waals surface area contributed by atoms with Gasteiger partial charge in [0, 0.05) is 15.1 Å². The summed E-state index contributed by atoms with van der Waals surface area (Å²) in [5.41, 5.74) is 0.561. The largest absolute Gasteiger partial charge is 0.391 e. The summed E-state index contributed by atoms with van der Waals surface area (Å²) < 4.78 is 26.6. The van der Waals surface area contributed by atoms with Crippen LogP contribution in [0.25, 0.3) is 0 Å². The van der Waals surface area contributed by atoms with Gasteiger partial charge in [-0.25, -0.2) is 8.42 Å². The summed E-state index contributed by atoms with van der Waals surface area (Å²) in [6, 6.07) is 3.21. The predicted octanol–water partition coefficient (Wildman–Crippen LogP) is 2.41. The Morgan fingerprint density at radius 3 is 2.76 bits per heavy atom. The van der Waals surface area contributed by atoms with E-state index in [9.17, 15) is 8.42 Å². The molecule has 0 aliphatic rings. The zero-order chi connectivity index (χ0) is 12.5. The van der Waals surface area contributed by atoms with Gasteiger partial charge in [-0.05, 0) is 24.4 Å². The van der Waals surface area contributed by atoms with E-state index in [4.69, 9.17) is 5.11 Å². The van der Waals surface area contributed by atoms with Gasteiger partial charge in [0.05, 0.1) is 12.3 Å². The minimum Gasteiger partial charge on any atom is -0.391 e. The molecule has 0 amide bonds. The quantitative estimate of drug-likeness (QED) is 0.908. The van der Waals surface area contributed by atoms with E-state index in [1.165, 1.54) is 28.7 Å². The van der Waals surface area contributed by atoms with E-state index in [0.717, 1.165) is 0 Å². The number of nitrogens with one attached hydrogen (secondary N) is 1. The lowest BCUT2D eigenvalue weighted by molar-refractivity contribution is 0.285. The number of rotatable bonds is 4. The van der Waals surface area contributed by atoms with Crippen LogP contribution in [0, 0.1) is 6.92 Å². The normalized spacial score (nSPS) is 11.6. The Morgan fingerprint density at radius 1 is 1.47 bits per heavy atom. The third kappa shape index (κ3) is 2.68. The summed E-state index contributed by atoms with van der Waals surface area (Å²) in [4.78, 5) is 1.56. The first kappa shape index (κ1) is 12.6. The van der Waals surface area contributed by atoms with Crippen LogP contribution in [-0.4, -0.2) is 13.5 Å². The predicted molar refractivity (Wildman–Crippen MR) is 70.1 cm³/mol. The Balaban J connectivity index is 2.34. The van der Waals surface area contributed by atoms with Gasteiger partial charge in [-0.2, -0.15) is 11.3 Å². The van der Waals surface area contributed by atoms with E-state index in [2.05, 4.69) is 4.72 Å². The van der Waals surface area contributed by atoms with Gasteiger partial charge >= 0.3 is 0 Å². The van der Waals surface area contributed by atoms with Gasteiger partial charge in [-0.3, -0.25) is 4.72 Å². The lowest BCUT2D eigenvalue weighted by Gasteiger charge is -2.04. The molecule has 2 rings (SSSR count). The van der Waals surface area contributed by atoms with E-state index in [0.29, 0.717) is 15.4 Å². The number of hydrogen-bond donors (Lipinski definition) is 2. The third-order valence-corrected chi connectivity index (χ3v) is 5.50. The summed E-state index contributed by atoms with van der Waals surface area (Å²) in [5.74, 6) is 0. The van der Waals surface area contributed by atoms with Crippen LogP contribution >= 0.6 is 22.7 Å². The third-order valence-electron chi connectivity index (χ3n) is 2.14. The van der Waals surface area contributed by atoms with Crippen molar-refractivity contribution < 1.29 is 13.5 Å². The average molecular weight is 289 g/mol. The topological polar surface area (TPSA) is 66.4 Å². The first-order valence-corrected chi connectivity index (χ1v) is 8.02. The highest BCUT2D eigenvalue weighted by Crippen LogP contribution is 2.27. The Morgan fingerprint density at radius 2 is 2.24 bits per heavy atom. The zero-order valence-corrected chi connectivity index (χ0v) is 11.5. The molecule has 0 saturated carbocycles. The first-order valence-electron chi connectivity index (χ1n) is 4.78. The fourth-order valence-corrected chi connectivity index (χ4v) is 4.61. The van der Waals surface area contributed by atoms with Gasteiger partial charge in [0.1, 0.15) is 4.90 Å². The zero-order valence-electron chi connectivity index (χ0n) is 9.00. The second kappa shape index (κ2) is 4.77. The van der Waals surface area contributed by atoms with Gasteiger partial charge in [-0.15, -0.1) is 11.3 Å². The van der Waals surface area contributed by atoms with E-state index >= 15 is 0 Å². The monoisotopic (exact) mass is 289 g/mol. The molecule has 2 heterocycles. The minimum absolute atomic E-state index is 0.139. The van der Waals surface area contributed by atoms with Crippen molar-refractivity contribution in [2.45, 2.75) is 18.4 Å². The molecule has 0 radical (unpaired) electrons. The maximum Gasteiger partial charge on any atom is 0.263 e. The highest BCUT2D eigenvalue weighted by atomic mass is 32.2. The van der Waals surface area contributed by atoms with Gasteiger partial charge in [0.25, 0.3) is 10.0 Å². The molecule has 2 N–H and O–H groups in total. The van der Waals surface area contributed by atoms with Crippen LogP contribution < -0.4 is 4.72 Å². The van der Waals surface area contributed by atoms with Crippen molar-refractivity contribution in [2.24, 2.45) is 0 Å². The molecule has 0 fully saturated rings. The van der Waals surface area contributed by atoms with Gasteiger partial charge in [-0.1, -0.05) is 0 Å². The van der Waals surface area contributed by atoms with E-state index < -0.39 is 10.0 Å². The summed E-state index contributed by atoms with van der Waals surface area (Å²) in [5, 5.41) is 12.5. The molecule has 0 aliphatic carbocycles. The lowest BCUT2D eigenvalue weighted by Crippen LogP contribution is -2.12. The molecule has 2 aromatic rings. The van der Waals surface area contributed by atoms with Crippen molar-refractivity contribution in [3.63, 3.8) is 0 Å². The van der Waals surface area contributed by atoms with Crippen LogP contribution in [0.4, 0.5) is 5.69 Å². The van der Waals surface area contributed by atoms with Crippen LogP contribution in [0.1, 0.15) is 9.75 Å². The minimum atomic E-state index is -3.55. The molecule has 0 atom stereocenters. The second-order valence-corrected chi connectivity index (χ2v) is 7.18. The number of aliphatic hydroxyl groups excluding tert-OH is 1. The highest BCUT2D eigenvalue weighted by Gasteiger charge is 2.19. The Kier molecular flexibility index (Phi) is 3.53. The number of aliphatic hydroxyl groups is 1. The number of thiophene rings is 2. The summed E-state index contributed by atoms with van der Waals surface area (Å²) in [6.45, 7) is 1.59. The number of anilines is 1. The SMILES string of the molecule is Cc1sc(CO)cc1S(=O)(=O)Nc1ccsc1. The van der Waals surface area contributed by atoms with Crippen molar-refractivity contribution in [1.29, 1.82) is 0 Å². The molecule has 0 unspecified atom stereocenters. The smallest absolute Gasteiger partial charge is 0.263 e. The Hall–Kier alpha value is -0.890. The van der Waals surface area contributed by atoms with Crippen molar-refractivity contribution in [3.8, 4) is 0 Å². The van der Waals surface area contributed by atoms with Gasteiger partial charge in [0.15, 0.2) is 0 Å². The molecule has 0 aromatic carbocycles. The maximum atomic E-state index is 12.1. The van der Waals surface area contributed by atoms with Crippen LogP contribution in [0.15, 0.2) is 27.8 Å².